The smallest absolute Gasteiger partial charge is 0.203 e. The van der Waals surface area contributed by atoms with Gasteiger partial charge in [0.25, 0.3) is 0 Å². The Hall–Kier alpha value is -0.760. The maximum absolute atomic E-state index is 11.3. The van der Waals surface area contributed by atoms with Crippen LogP contribution >= 0.6 is 11.6 Å². The van der Waals surface area contributed by atoms with Crippen molar-refractivity contribution in [3.63, 3.8) is 0 Å². The van der Waals surface area contributed by atoms with Crippen LogP contribution in [0.1, 0.15) is 23.2 Å². The van der Waals surface area contributed by atoms with Crippen molar-refractivity contribution in [2.75, 3.05) is 0 Å². The quantitative estimate of drug-likeness (QED) is 0.639. The first-order valence-electron chi connectivity index (χ1n) is 3.56. The zero-order valence-corrected chi connectivity index (χ0v) is 6.60. The summed E-state index contributed by atoms with van der Waals surface area (Å²) in [7, 11) is 0. The fourth-order valence-electron chi connectivity index (χ4n) is 1.04. The van der Waals surface area contributed by atoms with Gasteiger partial charge in [0, 0.05) is 5.92 Å². The van der Waals surface area contributed by atoms with E-state index in [-0.39, 0.29) is 16.9 Å². The summed E-state index contributed by atoms with van der Waals surface area (Å²) in [6, 6.07) is 1.63. The maximum Gasteiger partial charge on any atom is 0.203 e. The van der Waals surface area contributed by atoms with E-state index in [0.29, 0.717) is 5.56 Å². The summed E-state index contributed by atoms with van der Waals surface area (Å²) in [5, 5.41) is 0.224. The zero-order valence-electron chi connectivity index (χ0n) is 5.84. The second kappa shape index (κ2) is 2.38. The minimum atomic E-state index is 0.128. The summed E-state index contributed by atoms with van der Waals surface area (Å²) >= 11 is 5.62. The molecular weight excluding hydrogens is 164 g/mol. The summed E-state index contributed by atoms with van der Waals surface area (Å²) in [5.74, 6) is 0.342. The third-order valence-corrected chi connectivity index (χ3v) is 2.12. The molecule has 1 aliphatic rings. The number of halogens is 1. The van der Waals surface area contributed by atoms with E-state index in [2.05, 4.69) is 0 Å². The van der Waals surface area contributed by atoms with Gasteiger partial charge in [-0.15, -0.1) is 0 Å². The van der Waals surface area contributed by atoms with Crippen LogP contribution in [0.2, 0.25) is 5.22 Å². The monoisotopic (exact) mass is 170 g/mol. The Morgan fingerprint density at radius 3 is 2.82 bits per heavy atom. The molecule has 0 atom stereocenters. The average molecular weight is 171 g/mol. The van der Waals surface area contributed by atoms with Gasteiger partial charge in [0.15, 0.2) is 5.78 Å². The van der Waals surface area contributed by atoms with Crippen molar-refractivity contribution in [2.24, 2.45) is 5.92 Å². The van der Waals surface area contributed by atoms with Gasteiger partial charge in [-0.05, 0) is 30.5 Å². The van der Waals surface area contributed by atoms with Gasteiger partial charge in [-0.25, -0.2) is 0 Å². The maximum atomic E-state index is 11.3. The summed E-state index contributed by atoms with van der Waals surface area (Å²) in [6.45, 7) is 0. The van der Waals surface area contributed by atoms with Crippen LogP contribution in [-0.4, -0.2) is 5.78 Å². The van der Waals surface area contributed by atoms with E-state index < -0.39 is 0 Å². The number of hydrogen-bond donors (Lipinski definition) is 0. The summed E-state index contributed by atoms with van der Waals surface area (Å²) in [6.07, 6.45) is 3.44. The predicted octanol–water partition coefficient (Wildman–Crippen LogP) is 2.53. The summed E-state index contributed by atoms with van der Waals surface area (Å²) in [4.78, 5) is 11.3. The molecule has 0 bridgehead atoms. The summed E-state index contributed by atoms with van der Waals surface area (Å²) in [5.41, 5.74) is 0.536. The normalized spacial score (nSPS) is 16.8. The van der Waals surface area contributed by atoms with Gasteiger partial charge in [0.2, 0.25) is 5.22 Å². The van der Waals surface area contributed by atoms with E-state index in [1.165, 1.54) is 6.26 Å². The van der Waals surface area contributed by atoms with E-state index in [1.807, 2.05) is 0 Å². The van der Waals surface area contributed by atoms with Gasteiger partial charge in [-0.3, -0.25) is 4.79 Å². The molecule has 0 amide bonds. The Balaban J connectivity index is 2.27. The SMILES string of the molecule is O=C(c1ccoc1Cl)C1CC1. The first-order chi connectivity index (χ1) is 5.29. The van der Waals surface area contributed by atoms with Crippen molar-refractivity contribution in [3.8, 4) is 0 Å². The van der Waals surface area contributed by atoms with Gasteiger partial charge in [-0.1, -0.05) is 0 Å². The number of carbonyl (C=O) groups is 1. The van der Waals surface area contributed by atoms with E-state index in [1.54, 1.807) is 6.07 Å². The van der Waals surface area contributed by atoms with E-state index in [0.717, 1.165) is 12.8 Å². The Kier molecular flexibility index (Phi) is 1.50. The fraction of sp³-hybridized carbons (Fsp3) is 0.375. The van der Waals surface area contributed by atoms with Crippen LogP contribution in [0, 0.1) is 5.92 Å². The molecule has 58 valence electrons. The number of furan rings is 1. The highest BCUT2D eigenvalue weighted by Gasteiger charge is 2.32. The second-order valence-electron chi connectivity index (χ2n) is 2.75. The largest absolute Gasteiger partial charge is 0.452 e. The van der Waals surface area contributed by atoms with Gasteiger partial charge in [0.1, 0.15) is 0 Å². The standard InChI is InChI=1S/C8H7ClO2/c9-8-6(3-4-11-8)7(10)5-1-2-5/h3-5H,1-2H2. The van der Waals surface area contributed by atoms with Gasteiger partial charge < -0.3 is 4.42 Å². The fourth-order valence-corrected chi connectivity index (χ4v) is 1.24. The van der Waals surface area contributed by atoms with Crippen LogP contribution in [-0.2, 0) is 0 Å². The highest BCUT2D eigenvalue weighted by molar-refractivity contribution is 6.32. The Labute approximate surface area is 69.1 Å². The first kappa shape index (κ1) is 6.92. The molecule has 1 saturated carbocycles. The molecule has 0 N–H and O–H groups in total. The lowest BCUT2D eigenvalue weighted by molar-refractivity contribution is 0.0967. The van der Waals surface area contributed by atoms with Gasteiger partial charge in [-0.2, -0.15) is 0 Å². The lowest BCUT2D eigenvalue weighted by atomic mass is 10.1. The van der Waals surface area contributed by atoms with Crippen molar-refractivity contribution in [2.45, 2.75) is 12.8 Å². The molecule has 1 fully saturated rings. The lowest BCUT2D eigenvalue weighted by Gasteiger charge is -1.91. The molecule has 0 saturated heterocycles. The third kappa shape index (κ3) is 1.18. The molecule has 0 spiro atoms. The number of carbonyl (C=O) groups excluding carboxylic acids is 1. The third-order valence-electron chi connectivity index (χ3n) is 1.83. The average Bonchev–Trinajstić information content (AvgIpc) is 2.74. The van der Waals surface area contributed by atoms with Crippen molar-refractivity contribution in [3.05, 3.63) is 23.1 Å². The van der Waals surface area contributed by atoms with Crippen LogP contribution in [0.3, 0.4) is 0 Å². The predicted molar refractivity (Wildman–Crippen MR) is 40.8 cm³/mol. The van der Waals surface area contributed by atoms with Crippen LogP contribution in [0.4, 0.5) is 0 Å². The first-order valence-corrected chi connectivity index (χ1v) is 3.94. The number of ketones is 1. The van der Waals surface area contributed by atoms with Crippen molar-refractivity contribution >= 4 is 17.4 Å². The topological polar surface area (TPSA) is 30.2 Å². The molecule has 0 unspecified atom stereocenters. The highest BCUT2D eigenvalue weighted by Crippen LogP contribution is 2.34. The van der Waals surface area contributed by atoms with Crippen LogP contribution in [0.15, 0.2) is 16.7 Å². The second-order valence-corrected chi connectivity index (χ2v) is 3.09. The van der Waals surface area contributed by atoms with Crippen molar-refractivity contribution < 1.29 is 9.21 Å². The molecule has 0 aliphatic heterocycles. The van der Waals surface area contributed by atoms with Crippen molar-refractivity contribution in [1.29, 1.82) is 0 Å². The molecule has 3 heteroatoms. The van der Waals surface area contributed by atoms with Gasteiger partial charge >= 0.3 is 0 Å². The molecular formula is C8H7ClO2. The molecule has 1 aromatic rings. The van der Waals surface area contributed by atoms with E-state index in [4.69, 9.17) is 16.0 Å². The van der Waals surface area contributed by atoms with E-state index in [9.17, 15) is 4.79 Å². The Morgan fingerprint density at radius 2 is 2.36 bits per heavy atom. The number of Topliss-reactive ketones (excluding diaryl/α,β-unsaturated/α-hetero) is 1. The molecule has 1 aromatic heterocycles. The van der Waals surface area contributed by atoms with Crippen LogP contribution < -0.4 is 0 Å². The Morgan fingerprint density at radius 1 is 1.64 bits per heavy atom. The summed E-state index contributed by atoms with van der Waals surface area (Å²) < 4.78 is 4.81. The number of rotatable bonds is 2. The molecule has 1 heterocycles. The van der Waals surface area contributed by atoms with Crippen molar-refractivity contribution in [1.82, 2.24) is 0 Å². The molecule has 0 aromatic carbocycles. The van der Waals surface area contributed by atoms with Crippen LogP contribution in [0.25, 0.3) is 0 Å². The molecule has 2 nitrogen and oxygen atoms in total. The van der Waals surface area contributed by atoms with E-state index >= 15 is 0 Å². The number of hydrogen-bond acceptors (Lipinski definition) is 2. The highest BCUT2D eigenvalue weighted by atomic mass is 35.5. The Bertz CT molecular complexity index is 286. The minimum Gasteiger partial charge on any atom is -0.452 e. The lowest BCUT2D eigenvalue weighted by Crippen LogP contribution is -1.99. The van der Waals surface area contributed by atoms with Gasteiger partial charge in [0.05, 0.1) is 11.8 Å². The molecule has 11 heavy (non-hydrogen) atoms. The zero-order chi connectivity index (χ0) is 7.84. The molecule has 2 rings (SSSR count). The molecule has 1 aliphatic carbocycles. The minimum absolute atomic E-state index is 0.128. The molecule has 0 radical (unpaired) electrons. The van der Waals surface area contributed by atoms with Crippen LogP contribution in [0.5, 0.6) is 0 Å².